The zero-order valence-corrected chi connectivity index (χ0v) is 58.4. The molecule has 0 atom stereocenters. The fraction of sp³-hybridized carbons (Fsp3) is 0. The summed E-state index contributed by atoms with van der Waals surface area (Å²) in [6, 6.07) is 150. The van der Waals surface area contributed by atoms with Crippen molar-refractivity contribution in [3.63, 3.8) is 0 Å². The molecule has 0 radical (unpaired) electrons. The Bertz CT molecular complexity index is 5470. The first-order valence-corrected chi connectivity index (χ1v) is 40.7. The van der Waals surface area contributed by atoms with Gasteiger partial charge in [0, 0.05) is 38.4 Å². The van der Waals surface area contributed by atoms with Crippen molar-refractivity contribution in [3.05, 3.63) is 406 Å². The Morgan fingerprint density at radius 3 is 0.861 bits per heavy atom. The number of fused-ring (bicyclic) bond motifs is 7. The molecule has 0 unspecified atom stereocenters. The van der Waals surface area contributed by atoms with Crippen molar-refractivity contribution in [2.75, 3.05) is 0 Å². The third-order valence-electron chi connectivity index (χ3n) is 20.8. The van der Waals surface area contributed by atoms with Crippen LogP contribution in [0.15, 0.2) is 406 Å². The number of para-hydroxylation sites is 2. The molecule has 0 aliphatic carbocycles. The van der Waals surface area contributed by atoms with Gasteiger partial charge in [0.2, 0.25) is 5.95 Å². The summed E-state index contributed by atoms with van der Waals surface area (Å²) in [5, 5.41) is 20.1. The van der Waals surface area contributed by atoms with E-state index in [0.717, 1.165) is 60.4 Å². The summed E-state index contributed by atoms with van der Waals surface area (Å²) in [5.41, 5.74) is 7.07. The van der Waals surface area contributed by atoms with Crippen LogP contribution in [0.2, 0.25) is 0 Å². The number of nitrogens with zero attached hydrogens (tertiary/aromatic N) is 5. The molecular weight excluding hydrogens is 1270 g/mol. The van der Waals surface area contributed by atoms with Crippen LogP contribution in [0.4, 0.5) is 0 Å². The minimum atomic E-state index is -2.98. The van der Waals surface area contributed by atoms with Crippen molar-refractivity contribution >= 4 is 130 Å². The van der Waals surface area contributed by atoms with Crippen LogP contribution in [0.3, 0.4) is 0 Å². The van der Waals surface area contributed by atoms with Gasteiger partial charge in [0.15, 0.2) is 35.9 Å². The summed E-state index contributed by atoms with van der Waals surface area (Å²) >= 11 is 0. The third kappa shape index (κ3) is 10.0. The van der Waals surface area contributed by atoms with E-state index < -0.39 is 24.2 Å². The van der Waals surface area contributed by atoms with Crippen LogP contribution in [-0.4, -0.2) is 48.3 Å². The van der Waals surface area contributed by atoms with Crippen LogP contribution >= 0.6 is 0 Å². The number of hydrogen-bond acceptors (Lipinski definition) is 3. The first-order chi connectivity index (χ1) is 50.1. The summed E-state index contributed by atoms with van der Waals surface area (Å²) in [5.74, 6) is 1.68. The van der Waals surface area contributed by atoms with Gasteiger partial charge in [-0.2, -0.15) is 9.97 Å². The van der Waals surface area contributed by atoms with Gasteiger partial charge in [0.1, 0.15) is 0 Å². The molecule has 5 nitrogen and oxygen atoms in total. The van der Waals surface area contributed by atoms with E-state index in [2.05, 4.69) is 416 Å². The lowest BCUT2D eigenvalue weighted by Gasteiger charge is -2.34. The predicted octanol–water partition coefficient (Wildman–Crippen LogP) is 13.5. The van der Waals surface area contributed by atoms with Crippen LogP contribution in [0.1, 0.15) is 0 Å². The van der Waals surface area contributed by atoms with E-state index in [-0.39, 0.29) is 0 Å². The molecule has 0 fully saturated rings. The van der Waals surface area contributed by atoms with Gasteiger partial charge in [0.25, 0.3) is 0 Å². The Balaban J connectivity index is 0.901. The van der Waals surface area contributed by atoms with Gasteiger partial charge < -0.3 is 4.57 Å². The molecule has 476 valence electrons. The first kappa shape index (κ1) is 60.9. The number of hydrogen-bond donors (Lipinski definition) is 0. The van der Waals surface area contributed by atoms with Crippen molar-refractivity contribution in [2.24, 2.45) is 0 Å². The maximum atomic E-state index is 5.77. The van der Waals surface area contributed by atoms with Crippen LogP contribution in [0.25, 0.3) is 78.0 Å². The fourth-order valence-corrected chi connectivity index (χ4v) is 30.8. The van der Waals surface area contributed by atoms with Crippen molar-refractivity contribution in [1.82, 2.24) is 24.1 Å². The summed E-state index contributed by atoms with van der Waals surface area (Å²) in [6.07, 6.45) is 0. The Hall–Kier alpha value is -12.4. The molecule has 0 amide bonds. The highest BCUT2D eigenvalue weighted by Gasteiger charge is 2.44. The topological polar surface area (TPSA) is 48.5 Å². The molecule has 8 heteroatoms. The Morgan fingerprint density at radius 1 is 0.198 bits per heavy atom. The van der Waals surface area contributed by atoms with E-state index in [0.29, 0.717) is 17.6 Å². The summed E-state index contributed by atoms with van der Waals surface area (Å²) < 4.78 is 4.82. The first-order valence-electron chi connectivity index (χ1n) is 34.7. The molecule has 15 aromatic carbocycles. The molecule has 0 spiro atoms. The van der Waals surface area contributed by atoms with Gasteiger partial charge >= 0.3 is 0 Å². The second-order valence-electron chi connectivity index (χ2n) is 26.1. The SMILES string of the molecule is c1ccc(-n2c3cc([Si](c4ccccc4)(c4ccccc4)c4ccccc4)ccc3c3c2ccc2c4ccccc4n(-c4nc(-c5ccc([Si](c6ccccc6)(c6ccccc6)c6ccccc6)cc5)nc(-c5ccc([Si](c6ccccc6)(c6ccccc6)c6ccccc6)cc5)n4)c23)cc1. The fourth-order valence-electron chi connectivity index (χ4n) is 16.5. The Labute approximate surface area is 591 Å². The Morgan fingerprint density at radius 2 is 0.495 bits per heavy atom. The largest absolute Gasteiger partial charge is 0.309 e. The van der Waals surface area contributed by atoms with Crippen molar-refractivity contribution in [1.29, 1.82) is 0 Å². The second-order valence-corrected chi connectivity index (χ2v) is 37.5. The molecule has 0 saturated carbocycles. The van der Waals surface area contributed by atoms with E-state index in [1.165, 1.54) is 62.2 Å². The molecule has 3 heterocycles. The smallest absolute Gasteiger partial charge is 0.238 e. The molecule has 0 N–H and O–H groups in total. The second kappa shape index (κ2) is 25.8. The minimum Gasteiger partial charge on any atom is -0.309 e. The Kier molecular flexibility index (Phi) is 15.5. The highest BCUT2D eigenvalue weighted by atomic mass is 28.3. The summed E-state index contributed by atoms with van der Waals surface area (Å²) in [4.78, 5) is 17.2. The molecule has 0 aliphatic rings. The molecule has 0 aliphatic heterocycles. The lowest BCUT2D eigenvalue weighted by molar-refractivity contribution is 0.955. The number of benzene rings is 15. The number of rotatable bonds is 16. The van der Waals surface area contributed by atoms with Crippen LogP contribution in [0.5, 0.6) is 0 Å². The molecule has 3 aromatic heterocycles. The van der Waals surface area contributed by atoms with Crippen molar-refractivity contribution < 1.29 is 0 Å². The highest BCUT2D eigenvalue weighted by Crippen LogP contribution is 2.42. The third-order valence-corrected chi connectivity index (χ3v) is 35.2. The maximum absolute atomic E-state index is 5.77. The van der Waals surface area contributed by atoms with Gasteiger partial charge in [-0.15, -0.1) is 0 Å². The zero-order valence-electron chi connectivity index (χ0n) is 55.4. The predicted molar refractivity (Wildman–Crippen MR) is 430 cm³/mol. The van der Waals surface area contributed by atoms with Gasteiger partial charge in [-0.05, 0) is 92.6 Å². The van der Waals surface area contributed by atoms with Crippen LogP contribution < -0.4 is 62.2 Å². The van der Waals surface area contributed by atoms with E-state index in [1.807, 2.05) is 0 Å². The standard InChI is InChI=1S/C93H67N5Si3/c1-11-33-70(34-12-1)97-87-66-65-84-83-53-31-32-54-86(83)98(90(84)89(87)85-64-63-82(67-88(85)97)101(77-47-25-8-26-48-77,78-49-27-9-28-50-78)79-51-29-10-30-52-79)93-95-91(68-55-59-80(60-56-68)99(71-35-13-2-14-36-71,72-37-15-3-16-38-72)73-39-17-4-18-40-73)94-92(96-93)69-57-61-81(62-58-69)100(74-41-19-5-20-42-74,75-43-21-6-22-44-75)76-45-23-7-24-46-76/h1-67H. The van der Waals surface area contributed by atoms with Gasteiger partial charge in [-0.3, -0.25) is 4.57 Å². The normalized spacial score (nSPS) is 12.0. The van der Waals surface area contributed by atoms with Gasteiger partial charge in [-0.1, -0.05) is 376 Å². The molecule has 0 saturated heterocycles. The molecule has 101 heavy (non-hydrogen) atoms. The van der Waals surface area contributed by atoms with Crippen LogP contribution in [0, 0.1) is 0 Å². The summed E-state index contributed by atoms with van der Waals surface area (Å²) in [6.45, 7) is 0. The van der Waals surface area contributed by atoms with Crippen molar-refractivity contribution in [2.45, 2.75) is 0 Å². The van der Waals surface area contributed by atoms with E-state index >= 15 is 0 Å². The molecule has 18 rings (SSSR count). The van der Waals surface area contributed by atoms with Gasteiger partial charge in [-0.25, -0.2) is 4.98 Å². The lowest BCUT2D eigenvalue weighted by Crippen LogP contribution is -2.74. The summed E-state index contributed by atoms with van der Waals surface area (Å²) in [7, 11) is -8.76. The van der Waals surface area contributed by atoms with E-state index in [4.69, 9.17) is 15.0 Å². The minimum absolute atomic E-state index is 0.529. The van der Waals surface area contributed by atoms with E-state index in [1.54, 1.807) is 0 Å². The maximum Gasteiger partial charge on any atom is 0.238 e. The molecule has 0 bridgehead atoms. The highest BCUT2D eigenvalue weighted by molar-refractivity contribution is 7.21. The molecule has 18 aromatic rings. The van der Waals surface area contributed by atoms with Gasteiger partial charge in [0.05, 0.1) is 22.1 Å². The van der Waals surface area contributed by atoms with E-state index in [9.17, 15) is 0 Å². The average Bonchev–Trinajstić information content (AvgIpc) is 1.61. The number of aromatic nitrogens is 5. The van der Waals surface area contributed by atoms with Crippen molar-refractivity contribution in [3.8, 4) is 34.4 Å². The zero-order chi connectivity index (χ0) is 67.2. The average molecular weight is 1340 g/mol. The van der Waals surface area contributed by atoms with Crippen LogP contribution in [-0.2, 0) is 0 Å². The lowest BCUT2D eigenvalue weighted by atomic mass is 10.1. The molecular formula is C93H67N5Si3. The monoisotopic (exact) mass is 1340 g/mol. The quantitative estimate of drug-likeness (QED) is 0.0715.